The molecule has 13 heteroatoms. The third-order valence-electron chi connectivity index (χ3n) is 5.78. The Balaban J connectivity index is 1.42. The van der Waals surface area contributed by atoms with Gasteiger partial charge >= 0.3 is 0 Å². The molecule has 0 spiro atoms. The van der Waals surface area contributed by atoms with Gasteiger partial charge in [-0.1, -0.05) is 64.8 Å². The van der Waals surface area contributed by atoms with Crippen LogP contribution >= 0.6 is 46.6 Å². The van der Waals surface area contributed by atoms with Crippen LogP contribution in [0.25, 0.3) is 22.4 Å². The number of hydrogen-bond donors (Lipinski definition) is 1. The molecule has 0 aliphatic carbocycles. The van der Waals surface area contributed by atoms with Crippen LogP contribution in [0.1, 0.15) is 5.56 Å². The van der Waals surface area contributed by atoms with Crippen LogP contribution in [0.2, 0.25) is 15.2 Å². The lowest BCUT2D eigenvalue weighted by molar-refractivity contribution is 0.505. The molecule has 1 N–H and O–H groups in total. The lowest BCUT2D eigenvalue weighted by atomic mass is 10.2. The zero-order chi connectivity index (χ0) is 27.9. The van der Waals surface area contributed by atoms with Crippen LogP contribution in [-0.2, 0) is 16.6 Å². The summed E-state index contributed by atoms with van der Waals surface area (Å²) in [4.78, 5) is 18.1. The molecule has 1 aliphatic heterocycles. The molecule has 5 aromatic rings. The SMILES string of the molecule is O=S1(=O)NC(=NCc2ccc(Cl)nc2)Sc2cc(Cl)c(-c3nc4ccccc4c(=Nc4ccc(Cl)cc4)o3)cc21. The number of halogens is 3. The van der Waals surface area contributed by atoms with Gasteiger partial charge in [-0.25, -0.2) is 23.4 Å². The van der Waals surface area contributed by atoms with Crippen LogP contribution in [0.5, 0.6) is 0 Å². The van der Waals surface area contributed by atoms with Gasteiger partial charge in [0.1, 0.15) is 10.0 Å². The molecule has 0 amide bonds. The third-order valence-corrected chi connectivity index (χ3v) is 9.19. The summed E-state index contributed by atoms with van der Waals surface area (Å²) in [5, 5.41) is 2.09. The smallest absolute Gasteiger partial charge is 0.264 e. The summed E-state index contributed by atoms with van der Waals surface area (Å²) in [6.07, 6.45) is 1.58. The zero-order valence-corrected chi connectivity index (χ0v) is 24.1. The maximum absolute atomic E-state index is 13.2. The summed E-state index contributed by atoms with van der Waals surface area (Å²) in [5.74, 6) is 0.120. The quantitative estimate of drug-likeness (QED) is 0.214. The van der Waals surface area contributed by atoms with E-state index in [4.69, 9.17) is 39.2 Å². The van der Waals surface area contributed by atoms with Crippen molar-refractivity contribution in [2.75, 3.05) is 0 Å². The van der Waals surface area contributed by atoms with Gasteiger partial charge in [0.15, 0.2) is 5.17 Å². The second-order valence-corrected chi connectivity index (χ2v) is 12.4. The van der Waals surface area contributed by atoms with Crippen LogP contribution in [0, 0.1) is 0 Å². The molecule has 0 bridgehead atoms. The molecular formula is C27H16Cl3N5O3S2. The Bertz CT molecular complexity index is 1980. The molecule has 3 heterocycles. The Kier molecular flexibility index (Phi) is 7.28. The number of nitrogens with zero attached hydrogens (tertiary/aromatic N) is 4. The summed E-state index contributed by atoms with van der Waals surface area (Å²) < 4.78 is 35.1. The Morgan fingerprint density at radius 2 is 1.77 bits per heavy atom. The van der Waals surface area contributed by atoms with Gasteiger partial charge in [-0.3, -0.25) is 9.71 Å². The Morgan fingerprint density at radius 3 is 2.55 bits per heavy atom. The molecular weight excluding hydrogens is 613 g/mol. The van der Waals surface area contributed by atoms with Crippen LogP contribution in [-0.4, -0.2) is 23.6 Å². The van der Waals surface area contributed by atoms with E-state index < -0.39 is 10.0 Å². The highest BCUT2D eigenvalue weighted by Gasteiger charge is 2.30. The number of para-hydroxylation sites is 1. The predicted molar refractivity (Wildman–Crippen MR) is 158 cm³/mol. The summed E-state index contributed by atoms with van der Waals surface area (Å²) in [6, 6.07) is 20.7. The predicted octanol–water partition coefficient (Wildman–Crippen LogP) is 7.02. The summed E-state index contributed by atoms with van der Waals surface area (Å²) in [7, 11) is -3.96. The molecule has 0 unspecified atom stereocenters. The van der Waals surface area contributed by atoms with Crippen molar-refractivity contribution in [3.63, 3.8) is 0 Å². The number of fused-ring (bicyclic) bond motifs is 2. The van der Waals surface area contributed by atoms with E-state index in [1.165, 1.54) is 6.07 Å². The number of rotatable bonds is 4. The standard InChI is InChI=1S/C27H16Cl3N5O3S2/c28-16-6-8-17(9-7-16)33-25-18-3-1-2-4-21(18)34-26(38-25)19-11-23-22(12-20(19)29)39-27(35-40(23,36)37)32-14-15-5-10-24(30)31-13-15/h1-13H,14H2,(H,32,35). The largest absolute Gasteiger partial charge is 0.419 e. The van der Waals surface area contributed by atoms with Crippen molar-refractivity contribution in [3.8, 4) is 11.5 Å². The lowest BCUT2D eigenvalue weighted by Crippen LogP contribution is -2.32. The lowest BCUT2D eigenvalue weighted by Gasteiger charge is -2.20. The van der Waals surface area contributed by atoms with Gasteiger partial charge < -0.3 is 4.42 Å². The topological polar surface area (TPSA) is 110 Å². The van der Waals surface area contributed by atoms with Crippen LogP contribution in [0.3, 0.4) is 0 Å². The van der Waals surface area contributed by atoms with Gasteiger partial charge in [0.05, 0.1) is 33.7 Å². The normalized spacial score (nSPS) is 15.7. The maximum Gasteiger partial charge on any atom is 0.264 e. The van der Waals surface area contributed by atoms with Crippen molar-refractivity contribution in [1.29, 1.82) is 0 Å². The number of pyridine rings is 1. The number of amidine groups is 1. The molecule has 3 aromatic carbocycles. The van der Waals surface area contributed by atoms with E-state index in [0.29, 0.717) is 37.2 Å². The average Bonchev–Trinajstić information content (AvgIpc) is 2.93. The van der Waals surface area contributed by atoms with Gasteiger partial charge in [0.25, 0.3) is 10.0 Å². The second kappa shape index (κ2) is 10.9. The molecule has 0 atom stereocenters. The van der Waals surface area contributed by atoms with Gasteiger partial charge in [-0.2, -0.15) is 0 Å². The minimum absolute atomic E-state index is 0.0327. The van der Waals surface area contributed by atoms with Crippen molar-refractivity contribution in [2.24, 2.45) is 9.98 Å². The van der Waals surface area contributed by atoms with Crippen LogP contribution in [0.15, 0.2) is 103 Å². The minimum Gasteiger partial charge on any atom is -0.419 e. The van der Waals surface area contributed by atoms with Gasteiger partial charge in [-0.15, -0.1) is 0 Å². The van der Waals surface area contributed by atoms with E-state index in [9.17, 15) is 8.42 Å². The van der Waals surface area contributed by atoms with Crippen molar-refractivity contribution in [1.82, 2.24) is 14.7 Å². The Hall–Kier alpha value is -3.41. The molecule has 0 saturated carbocycles. The molecule has 1 aliphatic rings. The van der Waals surface area contributed by atoms with Gasteiger partial charge in [0, 0.05) is 16.1 Å². The maximum atomic E-state index is 13.2. The van der Waals surface area contributed by atoms with Crippen molar-refractivity contribution in [2.45, 2.75) is 16.3 Å². The molecule has 0 fully saturated rings. The fourth-order valence-electron chi connectivity index (χ4n) is 3.87. The van der Waals surface area contributed by atoms with Gasteiger partial charge in [0.2, 0.25) is 11.4 Å². The molecule has 200 valence electrons. The summed E-state index contributed by atoms with van der Waals surface area (Å²) in [6.45, 7) is 0.218. The number of nitrogens with one attached hydrogen (secondary N) is 1. The summed E-state index contributed by atoms with van der Waals surface area (Å²) in [5.41, 5.74) is 2.60. The number of aliphatic imine (C=N–C) groups is 1. The molecule has 6 rings (SSSR count). The van der Waals surface area contributed by atoms with E-state index in [1.54, 1.807) is 48.7 Å². The number of thioether (sulfide) groups is 1. The number of hydrogen-bond acceptors (Lipinski definition) is 8. The van der Waals surface area contributed by atoms with Crippen molar-refractivity contribution in [3.05, 3.63) is 105 Å². The monoisotopic (exact) mass is 627 g/mol. The highest BCUT2D eigenvalue weighted by atomic mass is 35.5. The van der Waals surface area contributed by atoms with E-state index in [1.807, 2.05) is 24.3 Å². The number of benzene rings is 3. The van der Waals surface area contributed by atoms with Crippen LogP contribution in [0.4, 0.5) is 5.69 Å². The first-order valence-electron chi connectivity index (χ1n) is 11.6. The fraction of sp³-hybridized carbons (Fsp3) is 0.0370. The summed E-state index contributed by atoms with van der Waals surface area (Å²) >= 11 is 19.7. The zero-order valence-electron chi connectivity index (χ0n) is 20.2. The van der Waals surface area contributed by atoms with Crippen molar-refractivity contribution >= 4 is 78.3 Å². The van der Waals surface area contributed by atoms with E-state index in [0.717, 1.165) is 17.3 Å². The fourth-order valence-corrected chi connectivity index (χ4v) is 7.04. The first-order valence-corrected chi connectivity index (χ1v) is 15.1. The van der Waals surface area contributed by atoms with Crippen molar-refractivity contribution < 1.29 is 12.8 Å². The second-order valence-electron chi connectivity index (χ2n) is 8.53. The highest BCUT2D eigenvalue weighted by Crippen LogP contribution is 2.39. The average molecular weight is 629 g/mol. The molecule has 8 nitrogen and oxygen atoms in total. The third kappa shape index (κ3) is 5.59. The minimum atomic E-state index is -3.96. The van der Waals surface area contributed by atoms with Crippen LogP contribution < -0.4 is 10.3 Å². The van der Waals surface area contributed by atoms with Gasteiger partial charge in [-0.05, 0) is 60.2 Å². The van der Waals surface area contributed by atoms with E-state index in [2.05, 4.69) is 24.7 Å². The van der Waals surface area contributed by atoms with E-state index >= 15 is 0 Å². The molecule has 0 radical (unpaired) electrons. The molecule has 40 heavy (non-hydrogen) atoms. The highest BCUT2D eigenvalue weighted by molar-refractivity contribution is 8.16. The Morgan fingerprint density at radius 1 is 0.975 bits per heavy atom. The number of sulfonamides is 1. The first kappa shape index (κ1) is 26.8. The molecule has 0 saturated heterocycles. The first-order chi connectivity index (χ1) is 19.2. The molecule has 2 aromatic heterocycles. The van der Waals surface area contributed by atoms with E-state index in [-0.39, 0.29) is 33.1 Å². The number of aromatic nitrogens is 2. The Labute approximate surface area is 247 Å².